The van der Waals surface area contributed by atoms with E-state index in [2.05, 4.69) is 29.9 Å². The van der Waals surface area contributed by atoms with Crippen LogP contribution in [0.1, 0.15) is 16.8 Å². The van der Waals surface area contributed by atoms with Crippen LogP contribution in [0, 0.1) is 25.2 Å². The molecule has 0 amide bonds. The standard InChI is InChI=1S/C15H13N5/c1-9-5-12-14(6-10(9)2)20(8-18-12)15-4-3-11(17)13(7-16)19-15/h3-6,8H,17H2,1-2H3. The highest BCUT2D eigenvalue weighted by molar-refractivity contribution is 5.79. The van der Waals surface area contributed by atoms with Crippen LogP contribution in [-0.2, 0) is 0 Å². The van der Waals surface area contributed by atoms with Gasteiger partial charge in [0.15, 0.2) is 5.69 Å². The Kier molecular flexibility index (Phi) is 2.65. The molecule has 3 rings (SSSR count). The Morgan fingerprint density at radius 3 is 2.70 bits per heavy atom. The summed E-state index contributed by atoms with van der Waals surface area (Å²) in [4.78, 5) is 8.66. The van der Waals surface area contributed by atoms with Crippen LogP contribution >= 0.6 is 0 Å². The first-order chi connectivity index (χ1) is 9.60. The molecular weight excluding hydrogens is 250 g/mol. The van der Waals surface area contributed by atoms with Crippen molar-refractivity contribution in [3.8, 4) is 11.9 Å². The van der Waals surface area contributed by atoms with Crippen LogP contribution in [0.3, 0.4) is 0 Å². The number of benzene rings is 1. The molecule has 2 heterocycles. The van der Waals surface area contributed by atoms with Gasteiger partial charge in [-0.15, -0.1) is 0 Å². The molecule has 0 atom stereocenters. The van der Waals surface area contributed by atoms with Gasteiger partial charge < -0.3 is 5.73 Å². The maximum absolute atomic E-state index is 9.02. The highest BCUT2D eigenvalue weighted by Crippen LogP contribution is 2.22. The third-order valence-electron chi connectivity index (χ3n) is 3.43. The molecule has 2 aromatic heterocycles. The van der Waals surface area contributed by atoms with E-state index in [1.165, 1.54) is 11.1 Å². The first-order valence-electron chi connectivity index (χ1n) is 6.21. The Morgan fingerprint density at radius 1 is 1.20 bits per heavy atom. The van der Waals surface area contributed by atoms with E-state index in [0.717, 1.165) is 11.0 Å². The third kappa shape index (κ3) is 1.79. The normalized spacial score (nSPS) is 10.7. The number of nitriles is 1. The van der Waals surface area contributed by atoms with Crippen molar-refractivity contribution in [1.29, 1.82) is 5.26 Å². The molecule has 0 aliphatic carbocycles. The van der Waals surface area contributed by atoms with Gasteiger partial charge in [0.1, 0.15) is 18.2 Å². The summed E-state index contributed by atoms with van der Waals surface area (Å²) >= 11 is 0. The fourth-order valence-corrected chi connectivity index (χ4v) is 2.13. The van der Waals surface area contributed by atoms with Gasteiger partial charge in [-0.05, 0) is 49.2 Å². The summed E-state index contributed by atoms with van der Waals surface area (Å²) in [6.45, 7) is 4.12. The van der Waals surface area contributed by atoms with Crippen molar-refractivity contribution in [2.75, 3.05) is 5.73 Å². The Balaban J connectivity index is 2.25. The zero-order chi connectivity index (χ0) is 14.3. The summed E-state index contributed by atoms with van der Waals surface area (Å²) in [7, 11) is 0. The van der Waals surface area contributed by atoms with Crippen molar-refractivity contribution in [3.05, 3.63) is 47.4 Å². The lowest BCUT2D eigenvalue weighted by Crippen LogP contribution is -2.01. The van der Waals surface area contributed by atoms with E-state index in [1.54, 1.807) is 18.5 Å². The fraction of sp³-hybridized carbons (Fsp3) is 0.133. The van der Waals surface area contributed by atoms with Gasteiger partial charge in [0, 0.05) is 0 Å². The summed E-state index contributed by atoms with van der Waals surface area (Å²) in [5.41, 5.74) is 10.6. The van der Waals surface area contributed by atoms with Gasteiger partial charge in [0.25, 0.3) is 0 Å². The molecule has 0 saturated carbocycles. The molecule has 0 radical (unpaired) electrons. The predicted molar refractivity (Wildman–Crippen MR) is 77.5 cm³/mol. The van der Waals surface area contributed by atoms with Crippen molar-refractivity contribution in [3.63, 3.8) is 0 Å². The number of fused-ring (bicyclic) bond motifs is 1. The number of nitrogens with two attached hydrogens (primary N) is 1. The number of nitrogens with zero attached hydrogens (tertiary/aromatic N) is 4. The van der Waals surface area contributed by atoms with Gasteiger partial charge in [-0.25, -0.2) is 9.97 Å². The quantitative estimate of drug-likeness (QED) is 0.731. The smallest absolute Gasteiger partial charge is 0.165 e. The molecule has 1 aromatic carbocycles. The van der Waals surface area contributed by atoms with Crippen LogP contribution in [0.15, 0.2) is 30.6 Å². The van der Waals surface area contributed by atoms with Crippen molar-refractivity contribution in [2.45, 2.75) is 13.8 Å². The molecule has 0 spiro atoms. The molecule has 0 saturated heterocycles. The molecule has 3 aromatic rings. The average molecular weight is 263 g/mol. The van der Waals surface area contributed by atoms with Gasteiger partial charge in [-0.2, -0.15) is 5.26 Å². The Morgan fingerprint density at radius 2 is 1.95 bits per heavy atom. The number of aryl methyl sites for hydroxylation is 2. The molecule has 2 N–H and O–H groups in total. The summed E-state index contributed by atoms with van der Waals surface area (Å²) in [5.74, 6) is 0.640. The number of hydrogen-bond acceptors (Lipinski definition) is 4. The van der Waals surface area contributed by atoms with Gasteiger partial charge in [-0.1, -0.05) is 0 Å². The van der Waals surface area contributed by atoms with Crippen LogP contribution in [0.25, 0.3) is 16.9 Å². The van der Waals surface area contributed by atoms with Gasteiger partial charge >= 0.3 is 0 Å². The number of imidazole rings is 1. The zero-order valence-corrected chi connectivity index (χ0v) is 11.3. The van der Waals surface area contributed by atoms with Crippen LogP contribution in [0.2, 0.25) is 0 Å². The number of pyridine rings is 1. The average Bonchev–Trinajstić information content (AvgIpc) is 2.83. The number of anilines is 1. The summed E-state index contributed by atoms with van der Waals surface area (Å²) in [6.07, 6.45) is 1.71. The Labute approximate surface area is 116 Å². The van der Waals surface area contributed by atoms with Crippen LogP contribution < -0.4 is 5.73 Å². The van der Waals surface area contributed by atoms with E-state index in [1.807, 2.05) is 16.7 Å². The monoisotopic (exact) mass is 263 g/mol. The minimum Gasteiger partial charge on any atom is -0.396 e. The summed E-state index contributed by atoms with van der Waals surface area (Å²) in [5, 5.41) is 9.02. The van der Waals surface area contributed by atoms with Gasteiger partial charge in [-0.3, -0.25) is 4.57 Å². The molecule has 0 fully saturated rings. The van der Waals surface area contributed by atoms with Crippen molar-refractivity contribution >= 4 is 16.7 Å². The fourth-order valence-electron chi connectivity index (χ4n) is 2.13. The van der Waals surface area contributed by atoms with Crippen molar-refractivity contribution in [2.24, 2.45) is 0 Å². The van der Waals surface area contributed by atoms with E-state index in [0.29, 0.717) is 11.5 Å². The molecule has 0 aliphatic heterocycles. The number of hydrogen-bond donors (Lipinski definition) is 1. The summed E-state index contributed by atoms with van der Waals surface area (Å²) < 4.78 is 1.86. The maximum Gasteiger partial charge on any atom is 0.165 e. The highest BCUT2D eigenvalue weighted by atomic mass is 15.1. The molecule has 0 unspecified atom stereocenters. The number of aromatic nitrogens is 3. The lowest BCUT2D eigenvalue weighted by Gasteiger charge is -2.06. The largest absolute Gasteiger partial charge is 0.396 e. The lowest BCUT2D eigenvalue weighted by molar-refractivity contribution is 1.01. The van der Waals surface area contributed by atoms with E-state index in [4.69, 9.17) is 11.0 Å². The lowest BCUT2D eigenvalue weighted by atomic mass is 10.1. The van der Waals surface area contributed by atoms with Crippen LogP contribution in [0.5, 0.6) is 0 Å². The third-order valence-corrected chi connectivity index (χ3v) is 3.43. The Bertz CT molecular complexity index is 855. The van der Waals surface area contributed by atoms with E-state index < -0.39 is 0 Å². The molecule has 20 heavy (non-hydrogen) atoms. The molecule has 5 nitrogen and oxygen atoms in total. The first kappa shape index (κ1) is 12.2. The first-order valence-corrected chi connectivity index (χ1v) is 6.21. The van der Waals surface area contributed by atoms with E-state index >= 15 is 0 Å². The second-order valence-electron chi connectivity index (χ2n) is 4.76. The highest BCUT2D eigenvalue weighted by Gasteiger charge is 2.09. The van der Waals surface area contributed by atoms with Gasteiger partial charge in [0.2, 0.25) is 0 Å². The van der Waals surface area contributed by atoms with Gasteiger partial charge in [0.05, 0.1) is 16.7 Å². The Hall–Kier alpha value is -2.87. The molecular formula is C15H13N5. The van der Waals surface area contributed by atoms with E-state index in [-0.39, 0.29) is 5.69 Å². The predicted octanol–water partition coefficient (Wildman–Crippen LogP) is 2.49. The maximum atomic E-state index is 9.02. The van der Waals surface area contributed by atoms with Crippen molar-refractivity contribution in [1.82, 2.24) is 14.5 Å². The second-order valence-corrected chi connectivity index (χ2v) is 4.76. The minimum absolute atomic E-state index is 0.230. The van der Waals surface area contributed by atoms with E-state index in [9.17, 15) is 0 Å². The van der Waals surface area contributed by atoms with Crippen LogP contribution in [-0.4, -0.2) is 14.5 Å². The molecule has 98 valence electrons. The number of nitrogen functional groups attached to an aromatic ring is 1. The zero-order valence-electron chi connectivity index (χ0n) is 11.3. The second kappa shape index (κ2) is 4.35. The van der Waals surface area contributed by atoms with Crippen LogP contribution in [0.4, 0.5) is 5.69 Å². The van der Waals surface area contributed by atoms with Crippen molar-refractivity contribution < 1.29 is 0 Å². The summed E-state index contributed by atoms with van der Waals surface area (Å²) in [6, 6.07) is 9.59. The SMILES string of the molecule is Cc1cc2ncn(-c3ccc(N)c(C#N)n3)c2cc1C. The topological polar surface area (TPSA) is 80.5 Å². The molecule has 0 aliphatic rings. The minimum atomic E-state index is 0.230. The molecule has 0 bridgehead atoms. The number of rotatable bonds is 1. The molecule has 5 heteroatoms.